The molecule has 0 aliphatic rings. The van der Waals surface area contributed by atoms with Gasteiger partial charge in [-0.3, -0.25) is 24.8 Å². The number of benzene rings is 2. The maximum Gasteiger partial charge on any atom is 0.326 e. The molecule has 0 aliphatic heterocycles. The fourth-order valence-corrected chi connectivity index (χ4v) is 7.68. The largest absolute Gasteiger partial charge is 0.480 e. The number of unbranched alkanes of at least 4 members (excludes halogenated alkanes) is 2. The first-order valence-corrected chi connectivity index (χ1v) is 23.7. The molecule has 0 spiro atoms. The quantitative estimate of drug-likeness (QED) is 0.0124. The summed E-state index contributed by atoms with van der Waals surface area (Å²) in [5.74, 6) is -2.99. The van der Waals surface area contributed by atoms with Crippen molar-refractivity contribution >= 4 is 47.0 Å². The average Bonchev–Trinajstić information content (AvgIpc) is 3.37. The van der Waals surface area contributed by atoms with E-state index in [-0.39, 0.29) is 73.8 Å². The second-order valence-electron chi connectivity index (χ2n) is 17.2. The van der Waals surface area contributed by atoms with E-state index in [0.29, 0.717) is 25.8 Å². The molecule has 0 radical (unpaired) electrons. The van der Waals surface area contributed by atoms with E-state index < -0.39 is 98.6 Å². The molecule has 0 aliphatic carbocycles. The summed E-state index contributed by atoms with van der Waals surface area (Å²) in [4.78, 5) is 52.8. The number of aromatic nitrogens is 2. The number of carbonyl (C=O) groups excluding carboxylic acids is 2. The number of anilines is 2. The number of nitrogens with two attached hydrogens (primary N) is 4. The molecule has 2 amide bonds. The molecule has 1 heterocycles. The standard InChI is InChI=1S/C46H71ClN10O15/c47-40-42(50)54-41(49)34(53-40)43(69)55-46(51)52-19-4-2-6-25-8-13-27(14-9-25)28-15-10-26(11-16-28)12-17-33(63)57(29(45(71)72)7-1-3-18-48)21-5-20-56(22-30(60)35(64)36(65)31(61)23-58)44(70)39(68)38(67)37(66)32(62)24-59/h8-11,13-16,29-32,35-39,44,58-62,64-68,70H,1-7,12,17-24,48H2,(H,71,72)(H4,49,50,54)(H3,51,52,55,69)/t29-,30-,31+,32+,35+,36+,37+,38+,39+,44+/m0/s1. The summed E-state index contributed by atoms with van der Waals surface area (Å²) in [5, 5.41) is 124. The molecular formula is C46H71ClN10O15. The molecular weight excluding hydrogens is 968 g/mol. The van der Waals surface area contributed by atoms with E-state index in [2.05, 4.69) is 20.3 Å². The molecule has 402 valence electrons. The van der Waals surface area contributed by atoms with Crippen LogP contribution in [0.5, 0.6) is 0 Å². The molecule has 21 N–H and O–H groups in total. The molecule has 0 unspecified atom stereocenters. The summed E-state index contributed by atoms with van der Waals surface area (Å²) < 4.78 is 0. The SMILES string of the molecule is NCCCC[C@@H](C(=O)O)N(CCCN(C[C@H](O)[C@@H](O)[C@H](O)[C@H](O)CO)[C@H](O)[C@H](O)[C@H](O)[C@H](O)[C@H](O)CO)C(=O)CCc1ccc(-c2ccc(CCCCN=C(N)NC(=O)c3nc(Cl)c(N)nc3N)cc2)cc1. The third kappa shape index (κ3) is 18.7. The van der Waals surface area contributed by atoms with E-state index >= 15 is 0 Å². The van der Waals surface area contributed by atoms with Crippen LogP contribution in [0.15, 0.2) is 53.5 Å². The van der Waals surface area contributed by atoms with Crippen molar-refractivity contribution in [2.75, 3.05) is 57.4 Å². The lowest BCUT2D eigenvalue weighted by Gasteiger charge is -2.37. The van der Waals surface area contributed by atoms with Gasteiger partial charge in [0, 0.05) is 32.6 Å². The number of carboxylic acids is 1. The molecule has 0 saturated carbocycles. The molecule has 1 aromatic heterocycles. The van der Waals surface area contributed by atoms with E-state index in [1.54, 1.807) is 0 Å². The molecule has 10 atom stereocenters. The minimum absolute atomic E-state index is 0.0467. The van der Waals surface area contributed by atoms with E-state index in [0.717, 1.165) is 44.9 Å². The number of aliphatic carboxylic acids is 1. The predicted molar refractivity (Wildman–Crippen MR) is 263 cm³/mol. The third-order valence-corrected chi connectivity index (χ3v) is 12.1. The van der Waals surface area contributed by atoms with Gasteiger partial charge in [0.25, 0.3) is 5.91 Å². The van der Waals surface area contributed by atoms with Gasteiger partial charge in [-0.25, -0.2) is 14.8 Å². The number of aliphatic hydroxyl groups excluding tert-OH is 11. The van der Waals surface area contributed by atoms with Crippen LogP contribution in [0.2, 0.25) is 5.15 Å². The zero-order valence-corrected chi connectivity index (χ0v) is 40.5. The number of amides is 2. The molecule has 0 saturated heterocycles. The molecule has 3 aromatic rings. The maximum atomic E-state index is 13.9. The first-order valence-electron chi connectivity index (χ1n) is 23.3. The zero-order chi connectivity index (χ0) is 53.7. The lowest BCUT2D eigenvalue weighted by molar-refractivity contribution is -0.180. The van der Waals surface area contributed by atoms with E-state index in [9.17, 15) is 75.7 Å². The Morgan fingerprint density at radius 3 is 1.79 bits per heavy atom. The zero-order valence-electron chi connectivity index (χ0n) is 39.7. The number of guanidine groups is 1. The number of rotatable bonds is 32. The maximum absolute atomic E-state index is 13.9. The predicted octanol–water partition coefficient (Wildman–Crippen LogP) is -3.75. The third-order valence-electron chi connectivity index (χ3n) is 11.9. The number of halogens is 1. The van der Waals surface area contributed by atoms with Crippen molar-refractivity contribution in [2.45, 2.75) is 119 Å². The number of aryl methyl sites for hydroxylation is 2. The summed E-state index contributed by atoms with van der Waals surface area (Å²) in [7, 11) is 0. The summed E-state index contributed by atoms with van der Waals surface area (Å²) in [6, 6.07) is 14.2. The Morgan fingerprint density at radius 2 is 1.24 bits per heavy atom. The van der Waals surface area contributed by atoms with Crippen molar-refractivity contribution in [3.63, 3.8) is 0 Å². The van der Waals surface area contributed by atoms with Crippen molar-refractivity contribution in [1.29, 1.82) is 0 Å². The Bertz CT molecular complexity index is 2170. The van der Waals surface area contributed by atoms with Crippen molar-refractivity contribution in [1.82, 2.24) is 25.1 Å². The van der Waals surface area contributed by atoms with Crippen LogP contribution in [-0.4, -0.2) is 212 Å². The molecule has 3 rings (SSSR count). The van der Waals surface area contributed by atoms with Crippen molar-refractivity contribution in [3.8, 4) is 11.1 Å². The number of hydrogen-bond donors (Lipinski definition) is 17. The first-order chi connectivity index (χ1) is 34.1. The number of hydrogen-bond acceptors (Lipinski definition) is 21. The summed E-state index contributed by atoms with van der Waals surface area (Å²) in [6.07, 6.45) is -15.8. The number of aliphatic hydroxyl groups is 11. The van der Waals surface area contributed by atoms with Crippen molar-refractivity contribution in [2.24, 2.45) is 16.5 Å². The van der Waals surface area contributed by atoms with Crippen LogP contribution in [0, 0.1) is 0 Å². The van der Waals surface area contributed by atoms with E-state index in [4.69, 9.17) is 34.5 Å². The van der Waals surface area contributed by atoms with E-state index in [1.165, 1.54) is 0 Å². The molecule has 2 aromatic carbocycles. The number of nitrogens with zero attached hydrogens (tertiary/aromatic N) is 5. The molecule has 26 heteroatoms. The smallest absolute Gasteiger partial charge is 0.326 e. The molecule has 72 heavy (non-hydrogen) atoms. The number of aliphatic imine (C=N–C) groups is 1. The molecule has 0 bridgehead atoms. The Labute approximate surface area is 421 Å². The average molecular weight is 1040 g/mol. The highest BCUT2D eigenvalue weighted by molar-refractivity contribution is 6.31. The van der Waals surface area contributed by atoms with Crippen molar-refractivity contribution < 1.29 is 75.7 Å². The number of nitrogen functional groups attached to an aromatic ring is 2. The van der Waals surface area contributed by atoms with Crippen LogP contribution < -0.4 is 28.3 Å². The van der Waals surface area contributed by atoms with Gasteiger partial charge in [-0.05, 0) is 80.2 Å². The minimum atomic E-state index is -2.29. The van der Waals surface area contributed by atoms with Gasteiger partial charge in [-0.2, -0.15) is 0 Å². The Balaban J connectivity index is 1.66. The van der Waals surface area contributed by atoms with Gasteiger partial charge in [0.1, 0.15) is 55.0 Å². The fourth-order valence-electron chi connectivity index (χ4n) is 7.55. The fraction of sp³-hybridized carbons (Fsp3) is 0.565. The molecule has 0 fully saturated rings. The molecule has 25 nitrogen and oxygen atoms in total. The Kier molecular flexibility index (Phi) is 26.1. The van der Waals surface area contributed by atoms with Gasteiger partial charge in [-0.15, -0.1) is 0 Å². The lowest BCUT2D eigenvalue weighted by Crippen LogP contribution is -2.58. The van der Waals surface area contributed by atoms with Crippen LogP contribution in [0.1, 0.15) is 66.6 Å². The normalized spacial score (nSPS) is 16.2. The van der Waals surface area contributed by atoms with E-state index in [1.807, 2.05) is 48.5 Å². The Morgan fingerprint density at radius 1 is 0.681 bits per heavy atom. The number of carboxylic acid groups (broad SMARTS) is 1. The van der Waals surface area contributed by atoms with Gasteiger partial charge >= 0.3 is 5.97 Å². The van der Waals surface area contributed by atoms with Gasteiger partial charge in [0.2, 0.25) is 5.91 Å². The van der Waals surface area contributed by atoms with Gasteiger partial charge in [-0.1, -0.05) is 60.1 Å². The lowest BCUT2D eigenvalue weighted by atomic mass is 9.99. The summed E-state index contributed by atoms with van der Waals surface area (Å²) >= 11 is 5.84. The first kappa shape index (κ1) is 61.1. The van der Waals surface area contributed by atoms with Crippen LogP contribution in [0.3, 0.4) is 0 Å². The highest BCUT2D eigenvalue weighted by atomic mass is 35.5. The van der Waals surface area contributed by atoms with Crippen LogP contribution >= 0.6 is 11.6 Å². The van der Waals surface area contributed by atoms with Gasteiger partial charge in [0.05, 0.1) is 19.3 Å². The number of nitrogens with one attached hydrogen (secondary N) is 1. The van der Waals surface area contributed by atoms with Crippen LogP contribution in [0.25, 0.3) is 11.1 Å². The summed E-state index contributed by atoms with van der Waals surface area (Å²) in [6.45, 7) is -2.80. The van der Waals surface area contributed by atoms with Gasteiger partial charge < -0.3 is 89.1 Å². The highest BCUT2D eigenvalue weighted by Gasteiger charge is 2.39. The second-order valence-corrected chi connectivity index (χ2v) is 17.6. The topological polar surface area (TPSA) is 455 Å². The van der Waals surface area contributed by atoms with Gasteiger partial charge in [0.15, 0.2) is 28.4 Å². The number of carbonyl (C=O) groups is 3. The summed E-state index contributed by atoms with van der Waals surface area (Å²) in [5.41, 5.74) is 26.2. The second kappa shape index (κ2) is 30.7. The minimum Gasteiger partial charge on any atom is -0.480 e. The monoisotopic (exact) mass is 1040 g/mol. The highest BCUT2D eigenvalue weighted by Crippen LogP contribution is 2.23. The Hall–Kier alpha value is -5.23. The van der Waals surface area contributed by atoms with Crippen LogP contribution in [-0.2, 0) is 22.4 Å². The van der Waals surface area contributed by atoms with Crippen molar-refractivity contribution in [3.05, 3.63) is 70.5 Å². The van der Waals surface area contributed by atoms with Crippen LogP contribution in [0.4, 0.5) is 11.6 Å².